The number of benzene rings is 3. The summed E-state index contributed by atoms with van der Waals surface area (Å²) < 4.78 is 46.8. The number of nitrogens with one attached hydrogen (secondary N) is 2. The van der Waals surface area contributed by atoms with E-state index in [0.29, 0.717) is 13.1 Å². The van der Waals surface area contributed by atoms with E-state index in [4.69, 9.17) is 4.74 Å². The molecule has 1 heterocycles. The van der Waals surface area contributed by atoms with Gasteiger partial charge in [0.1, 0.15) is 12.6 Å². The average molecular weight is 582 g/mol. The fourth-order valence-electron chi connectivity index (χ4n) is 5.73. The van der Waals surface area contributed by atoms with E-state index in [2.05, 4.69) is 5.32 Å². The Balaban J connectivity index is 1.20. The third kappa shape index (κ3) is 6.25. The van der Waals surface area contributed by atoms with Crippen LogP contribution in [0, 0.1) is 0 Å². The molecular formula is C31H30F3N3O5. The second-order valence-corrected chi connectivity index (χ2v) is 10.6. The van der Waals surface area contributed by atoms with Gasteiger partial charge in [-0.2, -0.15) is 13.2 Å². The SMILES string of the molecule is O=C(CC(NC(=O)OCC1c2ccccc2-c2ccccc21)C(F)(F)F)NC1(C(=O)O)CCN(Cc2ccccc2)C1. The molecule has 5 rings (SSSR count). The Morgan fingerprint density at radius 2 is 1.55 bits per heavy atom. The highest BCUT2D eigenvalue weighted by Crippen LogP contribution is 2.44. The molecule has 0 saturated carbocycles. The Hall–Kier alpha value is -4.38. The minimum absolute atomic E-state index is 0.0252. The van der Waals surface area contributed by atoms with Crippen molar-refractivity contribution in [3.8, 4) is 11.1 Å². The van der Waals surface area contributed by atoms with Crippen molar-refractivity contribution < 1.29 is 37.4 Å². The van der Waals surface area contributed by atoms with E-state index in [1.165, 1.54) is 0 Å². The molecule has 3 aromatic rings. The molecule has 1 fully saturated rings. The summed E-state index contributed by atoms with van der Waals surface area (Å²) in [6.07, 6.45) is -7.47. The fraction of sp³-hybridized carbons (Fsp3) is 0.323. The zero-order valence-electron chi connectivity index (χ0n) is 22.6. The van der Waals surface area contributed by atoms with Gasteiger partial charge in [-0.25, -0.2) is 9.59 Å². The summed E-state index contributed by atoms with van der Waals surface area (Å²) in [7, 11) is 0. The predicted molar refractivity (Wildman–Crippen MR) is 148 cm³/mol. The first-order chi connectivity index (χ1) is 20.1. The number of amides is 2. The van der Waals surface area contributed by atoms with Gasteiger partial charge >= 0.3 is 18.2 Å². The van der Waals surface area contributed by atoms with E-state index in [-0.39, 0.29) is 25.5 Å². The van der Waals surface area contributed by atoms with Gasteiger partial charge in [0.05, 0.1) is 6.42 Å². The Morgan fingerprint density at radius 3 is 2.14 bits per heavy atom. The number of alkyl halides is 3. The summed E-state index contributed by atoms with van der Waals surface area (Å²) >= 11 is 0. The van der Waals surface area contributed by atoms with Crippen molar-refractivity contribution in [3.05, 3.63) is 95.6 Å². The number of likely N-dealkylation sites (tertiary alicyclic amines) is 1. The summed E-state index contributed by atoms with van der Waals surface area (Å²) in [6.45, 7) is 0.498. The zero-order valence-corrected chi connectivity index (χ0v) is 22.6. The lowest BCUT2D eigenvalue weighted by Crippen LogP contribution is -2.58. The number of hydrogen-bond acceptors (Lipinski definition) is 5. The van der Waals surface area contributed by atoms with E-state index < -0.39 is 42.1 Å². The molecule has 1 saturated heterocycles. The highest BCUT2D eigenvalue weighted by atomic mass is 19.4. The average Bonchev–Trinajstić information content (AvgIpc) is 3.51. The van der Waals surface area contributed by atoms with Crippen LogP contribution in [0.3, 0.4) is 0 Å². The van der Waals surface area contributed by atoms with Crippen molar-refractivity contribution in [2.75, 3.05) is 19.7 Å². The van der Waals surface area contributed by atoms with E-state index in [0.717, 1.165) is 27.8 Å². The Morgan fingerprint density at radius 1 is 0.952 bits per heavy atom. The number of nitrogens with zero attached hydrogens (tertiary/aromatic N) is 1. The number of alkyl carbamates (subject to hydrolysis) is 1. The van der Waals surface area contributed by atoms with Gasteiger partial charge in [-0.3, -0.25) is 9.69 Å². The molecule has 2 unspecified atom stereocenters. The molecule has 0 aromatic heterocycles. The van der Waals surface area contributed by atoms with Gasteiger partial charge in [-0.1, -0.05) is 78.9 Å². The van der Waals surface area contributed by atoms with Crippen LogP contribution in [0.15, 0.2) is 78.9 Å². The molecule has 2 atom stereocenters. The standard InChI is InChI=1S/C31H30F3N3O5/c32-31(33,34)26(16-27(38)36-30(28(39)40)14-15-37(19-30)17-20-8-2-1-3-9-20)35-29(41)42-18-25-23-12-6-4-10-21(23)22-11-5-7-13-24(22)25/h1-13,25-26H,14-19H2,(H,35,41)(H,36,38)(H,39,40). The molecule has 2 amide bonds. The summed E-state index contributed by atoms with van der Waals surface area (Å²) in [5.41, 5.74) is 2.92. The Bertz CT molecular complexity index is 1420. The van der Waals surface area contributed by atoms with Gasteiger partial charge < -0.3 is 20.5 Å². The van der Waals surface area contributed by atoms with Crippen LogP contribution in [0.5, 0.6) is 0 Å². The maximum atomic E-state index is 13.9. The van der Waals surface area contributed by atoms with E-state index >= 15 is 0 Å². The van der Waals surface area contributed by atoms with Crippen molar-refractivity contribution in [1.82, 2.24) is 15.5 Å². The second kappa shape index (κ2) is 11.8. The van der Waals surface area contributed by atoms with Crippen molar-refractivity contribution in [2.45, 2.75) is 43.1 Å². The number of hydrogen-bond donors (Lipinski definition) is 3. The van der Waals surface area contributed by atoms with Crippen molar-refractivity contribution >= 4 is 18.0 Å². The molecule has 2 aliphatic rings. The summed E-state index contributed by atoms with van der Waals surface area (Å²) in [5.74, 6) is -2.83. The number of rotatable bonds is 9. The minimum Gasteiger partial charge on any atom is -0.479 e. The second-order valence-electron chi connectivity index (χ2n) is 10.6. The van der Waals surface area contributed by atoms with Gasteiger partial charge in [0.2, 0.25) is 5.91 Å². The number of ether oxygens (including phenoxy) is 1. The van der Waals surface area contributed by atoms with Crippen molar-refractivity contribution in [1.29, 1.82) is 0 Å². The van der Waals surface area contributed by atoms with Crippen LogP contribution in [0.4, 0.5) is 18.0 Å². The monoisotopic (exact) mass is 581 g/mol. The molecular weight excluding hydrogens is 551 g/mol. The molecule has 0 spiro atoms. The number of halogens is 3. The molecule has 3 aromatic carbocycles. The Labute approximate surface area is 240 Å². The molecule has 42 heavy (non-hydrogen) atoms. The maximum absolute atomic E-state index is 13.9. The zero-order chi connectivity index (χ0) is 29.9. The van der Waals surface area contributed by atoms with Crippen molar-refractivity contribution in [2.24, 2.45) is 0 Å². The van der Waals surface area contributed by atoms with Crippen LogP contribution in [0.2, 0.25) is 0 Å². The quantitative estimate of drug-likeness (QED) is 0.339. The molecule has 1 aliphatic carbocycles. The minimum atomic E-state index is -4.98. The first kappa shape index (κ1) is 29.1. The lowest BCUT2D eigenvalue weighted by Gasteiger charge is -2.28. The van der Waals surface area contributed by atoms with E-state index in [1.807, 2.05) is 83.8 Å². The van der Waals surface area contributed by atoms with Crippen LogP contribution < -0.4 is 10.6 Å². The molecule has 1 aliphatic heterocycles. The van der Waals surface area contributed by atoms with Crippen LogP contribution in [-0.2, 0) is 20.9 Å². The summed E-state index contributed by atoms with van der Waals surface area (Å²) in [4.78, 5) is 39.3. The number of carbonyl (C=O) groups is 3. The largest absolute Gasteiger partial charge is 0.479 e. The predicted octanol–water partition coefficient (Wildman–Crippen LogP) is 4.69. The number of carbonyl (C=O) groups excluding carboxylic acids is 2. The van der Waals surface area contributed by atoms with E-state index in [1.54, 1.807) is 5.32 Å². The molecule has 11 heteroatoms. The number of aliphatic carboxylic acids is 1. The van der Waals surface area contributed by atoms with Crippen LogP contribution >= 0.6 is 0 Å². The third-order valence-corrected chi connectivity index (χ3v) is 7.81. The first-order valence-electron chi connectivity index (χ1n) is 13.5. The fourth-order valence-corrected chi connectivity index (χ4v) is 5.73. The molecule has 3 N–H and O–H groups in total. The summed E-state index contributed by atoms with van der Waals surface area (Å²) in [6, 6.07) is 21.8. The maximum Gasteiger partial charge on any atom is 0.409 e. The lowest BCUT2D eigenvalue weighted by molar-refractivity contribution is -0.161. The normalized spacial score (nSPS) is 19.0. The van der Waals surface area contributed by atoms with Crippen LogP contribution in [-0.4, -0.2) is 65.4 Å². The number of carboxylic acid groups (broad SMARTS) is 1. The molecule has 220 valence electrons. The van der Waals surface area contributed by atoms with E-state index in [9.17, 15) is 32.7 Å². The van der Waals surface area contributed by atoms with Gasteiger partial charge in [0.15, 0.2) is 5.54 Å². The third-order valence-electron chi connectivity index (χ3n) is 7.81. The highest BCUT2D eigenvalue weighted by molar-refractivity contribution is 5.88. The number of fused-ring (bicyclic) bond motifs is 3. The van der Waals surface area contributed by atoms with Gasteiger partial charge in [0.25, 0.3) is 0 Å². The topological polar surface area (TPSA) is 108 Å². The van der Waals surface area contributed by atoms with Crippen LogP contribution in [0.25, 0.3) is 11.1 Å². The van der Waals surface area contributed by atoms with Gasteiger partial charge in [0, 0.05) is 25.6 Å². The summed E-state index contributed by atoms with van der Waals surface area (Å²) in [5, 5.41) is 14.0. The molecule has 0 bridgehead atoms. The smallest absolute Gasteiger partial charge is 0.409 e. The van der Waals surface area contributed by atoms with Gasteiger partial charge in [-0.15, -0.1) is 0 Å². The highest BCUT2D eigenvalue weighted by Gasteiger charge is 2.48. The van der Waals surface area contributed by atoms with Crippen molar-refractivity contribution in [3.63, 3.8) is 0 Å². The van der Waals surface area contributed by atoms with Gasteiger partial charge in [-0.05, 0) is 34.2 Å². The lowest BCUT2D eigenvalue weighted by atomic mass is 9.98. The molecule has 0 radical (unpaired) electrons. The first-order valence-corrected chi connectivity index (χ1v) is 13.5. The Kier molecular flexibility index (Phi) is 8.22. The molecule has 8 nitrogen and oxygen atoms in total. The van der Waals surface area contributed by atoms with Crippen LogP contribution in [0.1, 0.15) is 35.4 Å². The number of carboxylic acids is 1.